The van der Waals surface area contributed by atoms with Crippen LogP contribution in [0.15, 0.2) is 36.7 Å². The van der Waals surface area contributed by atoms with Gasteiger partial charge in [-0.05, 0) is 47.1 Å². The van der Waals surface area contributed by atoms with E-state index in [1.807, 2.05) is 39.2 Å². The Kier molecular flexibility index (Phi) is 7.58. The Morgan fingerprint density at radius 3 is 2.07 bits per heavy atom. The van der Waals surface area contributed by atoms with Crippen molar-refractivity contribution < 1.29 is 0 Å². The topological polar surface area (TPSA) is 67.6 Å². The summed E-state index contributed by atoms with van der Waals surface area (Å²) in [4.78, 5) is 11.7. The second-order valence-electron chi connectivity index (χ2n) is 8.51. The number of anilines is 1. The van der Waals surface area contributed by atoms with Gasteiger partial charge in [-0.15, -0.1) is 0 Å². The third-order valence-corrected chi connectivity index (χ3v) is 4.18. The number of pyridine rings is 2. The van der Waals surface area contributed by atoms with E-state index in [4.69, 9.17) is 5.73 Å². The second-order valence-corrected chi connectivity index (χ2v) is 8.51. The Hall–Kier alpha value is -2.36. The van der Waals surface area contributed by atoms with E-state index in [1.165, 1.54) is 16.5 Å². The molecule has 0 bridgehead atoms. The number of rotatable bonds is 0. The van der Waals surface area contributed by atoms with Crippen LogP contribution < -0.4 is 5.73 Å². The van der Waals surface area contributed by atoms with Crippen LogP contribution in [-0.2, 0) is 10.8 Å². The van der Waals surface area contributed by atoms with Crippen molar-refractivity contribution in [1.82, 2.24) is 15.0 Å². The van der Waals surface area contributed by atoms with Crippen molar-refractivity contribution in [1.29, 1.82) is 0 Å². The summed E-state index contributed by atoms with van der Waals surface area (Å²) in [5.74, 6) is 0.598. The Morgan fingerprint density at radius 2 is 1.56 bits per heavy atom. The Bertz CT molecular complexity index is 849. The van der Waals surface area contributed by atoms with Crippen LogP contribution in [0.2, 0.25) is 0 Å². The van der Waals surface area contributed by atoms with Gasteiger partial charge in [0.2, 0.25) is 0 Å². The molecule has 0 spiro atoms. The molecule has 3 aromatic rings. The van der Waals surface area contributed by atoms with Gasteiger partial charge < -0.3 is 10.7 Å². The lowest BCUT2D eigenvalue weighted by molar-refractivity contribution is 0.582. The maximum atomic E-state index is 5.56. The first kappa shape index (κ1) is 22.7. The summed E-state index contributed by atoms with van der Waals surface area (Å²) in [5.41, 5.74) is 10.4. The van der Waals surface area contributed by atoms with Crippen molar-refractivity contribution in [3.8, 4) is 0 Å². The molecule has 148 valence electrons. The number of fused-ring (bicyclic) bond motifs is 1. The van der Waals surface area contributed by atoms with Gasteiger partial charge in [-0.2, -0.15) is 0 Å². The second kappa shape index (κ2) is 9.03. The maximum Gasteiger partial charge on any atom is 0.137 e. The molecule has 3 N–H and O–H groups in total. The van der Waals surface area contributed by atoms with E-state index in [1.54, 1.807) is 0 Å². The smallest absolute Gasteiger partial charge is 0.137 e. The summed E-state index contributed by atoms with van der Waals surface area (Å²) in [6.07, 6.45) is 3.86. The number of aromatic amines is 1. The van der Waals surface area contributed by atoms with Crippen LogP contribution in [0.3, 0.4) is 0 Å². The van der Waals surface area contributed by atoms with Gasteiger partial charge in [-0.1, -0.05) is 61.5 Å². The number of nitrogen functional groups attached to an aromatic ring is 1. The fraction of sp³-hybridized carbons (Fsp3) is 0.478. The first-order chi connectivity index (χ1) is 12.5. The monoisotopic (exact) mass is 368 g/mol. The minimum atomic E-state index is 0.158. The van der Waals surface area contributed by atoms with Crippen molar-refractivity contribution >= 4 is 16.9 Å². The number of aromatic nitrogens is 3. The molecule has 0 aromatic carbocycles. The highest BCUT2D eigenvalue weighted by atomic mass is 14.8. The Balaban J connectivity index is 0.000000248. The van der Waals surface area contributed by atoms with Crippen molar-refractivity contribution in [2.75, 3.05) is 5.73 Å². The minimum absolute atomic E-state index is 0.158. The number of nitrogens with two attached hydrogens (primary N) is 1. The molecule has 0 amide bonds. The average molecular weight is 369 g/mol. The molecule has 4 heteroatoms. The van der Waals surface area contributed by atoms with E-state index in [0.717, 1.165) is 11.3 Å². The highest BCUT2D eigenvalue weighted by Gasteiger charge is 2.16. The number of aryl methyl sites for hydroxylation is 1. The molecule has 0 aliphatic carbocycles. The fourth-order valence-electron chi connectivity index (χ4n) is 2.72. The van der Waals surface area contributed by atoms with E-state index in [2.05, 4.69) is 74.7 Å². The first-order valence-corrected chi connectivity index (χ1v) is 9.66. The number of nitrogens with zero attached hydrogens (tertiary/aromatic N) is 2. The van der Waals surface area contributed by atoms with Gasteiger partial charge in [0, 0.05) is 23.5 Å². The van der Waals surface area contributed by atoms with Gasteiger partial charge in [0.25, 0.3) is 0 Å². The van der Waals surface area contributed by atoms with Gasteiger partial charge in [-0.3, -0.25) is 0 Å². The van der Waals surface area contributed by atoms with Crippen molar-refractivity contribution in [3.63, 3.8) is 0 Å². The zero-order valence-electron chi connectivity index (χ0n) is 18.4. The normalized spacial score (nSPS) is 11.3. The molecule has 4 nitrogen and oxygen atoms in total. The standard InChI is InChI=1S/C11H14N2.C10H16N2.C2H6/c1-11(2,3)9-6-8-4-5-12-10(8)13-7-9;1-7-8(10(2,3)4)5-6-9(11)12-7;1-2/h4-7H,1-3H3,(H,12,13);5-6H,1-4H3,(H2,11,12);1-2H3. The van der Waals surface area contributed by atoms with Gasteiger partial charge in [0.05, 0.1) is 0 Å². The van der Waals surface area contributed by atoms with Gasteiger partial charge in [0.15, 0.2) is 0 Å². The molecule has 3 heterocycles. The maximum absolute atomic E-state index is 5.56. The number of nitrogens with one attached hydrogen (secondary N) is 1. The zero-order chi connectivity index (χ0) is 20.8. The molecule has 0 saturated carbocycles. The molecule has 0 radical (unpaired) electrons. The lowest BCUT2D eigenvalue weighted by Crippen LogP contribution is -2.14. The molecule has 0 unspecified atom stereocenters. The fourth-order valence-corrected chi connectivity index (χ4v) is 2.72. The molecule has 0 fully saturated rings. The predicted octanol–water partition coefficient (Wildman–Crippen LogP) is 6.16. The molecule has 0 aliphatic rings. The molecule has 3 rings (SSSR count). The lowest BCUT2D eigenvalue weighted by Gasteiger charge is -2.20. The van der Waals surface area contributed by atoms with Crippen LogP contribution in [0.5, 0.6) is 0 Å². The van der Waals surface area contributed by atoms with Gasteiger partial charge in [0.1, 0.15) is 11.5 Å². The van der Waals surface area contributed by atoms with Crippen LogP contribution in [0.25, 0.3) is 11.0 Å². The Morgan fingerprint density at radius 1 is 0.926 bits per heavy atom. The van der Waals surface area contributed by atoms with E-state index in [0.29, 0.717) is 5.82 Å². The summed E-state index contributed by atoms with van der Waals surface area (Å²) in [5, 5.41) is 1.19. The number of hydrogen-bond donors (Lipinski definition) is 2. The third-order valence-electron chi connectivity index (χ3n) is 4.18. The predicted molar refractivity (Wildman–Crippen MR) is 118 cm³/mol. The molecule has 0 aliphatic heterocycles. The lowest BCUT2D eigenvalue weighted by atomic mass is 9.86. The quantitative estimate of drug-likeness (QED) is 0.499. The van der Waals surface area contributed by atoms with Crippen LogP contribution in [0, 0.1) is 6.92 Å². The molecule has 27 heavy (non-hydrogen) atoms. The summed E-state index contributed by atoms with van der Waals surface area (Å²) < 4.78 is 0. The molecular weight excluding hydrogens is 332 g/mol. The summed E-state index contributed by atoms with van der Waals surface area (Å²) in [7, 11) is 0. The first-order valence-electron chi connectivity index (χ1n) is 9.66. The van der Waals surface area contributed by atoms with Crippen molar-refractivity contribution in [3.05, 3.63) is 53.5 Å². The molecule has 0 atom stereocenters. The summed E-state index contributed by atoms with van der Waals surface area (Å²) in [6, 6.07) is 8.15. The van der Waals surface area contributed by atoms with E-state index in [-0.39, 0.29) is 10.8 Å². The summed E-state index contributed by atoms with van der Waals surface area (Å²) in [6.45, 7) is 19.1. The van der Waals surface area contributed by atoms with Crippen molar-refractivity contribution in [2.24, 2.45) is 0 Å². The molecule has 0 saturated heterocycles. The minimum Gasteiger partial charge on any atom is -0.384 e. The van der Waals surface area contributed by atoms with Gasteiger partial charge in [-0.25, -0.2) is 9.97 Å². The number of hydrogen-bond acceptors (Lipinski definition) is 3. The highest BCUT2D eigenvalue weighted by molar-refractivity contribution is 5.75. The largest absolute Gasteiger partial charge is 0.384 e. The SMILES string of the molecule is CC.CC(C)(C)c1cnc2[nH]ccc2c1.Cc1nc(N)ccc1C(C)(C)C. The van der Waals surface area contributed by atoms with Crippen LogP contribution in [0.1, 0.15) is 72.2 Å². The van der Waals surface area contributed by atoms with E-state index >= 15 is 0 Å². The highest BCUT2D eigenvalue weighted by Crippen LogP contribution is 2.25. The van der Waals surface area contributed by atoms with Gasteiger partial charge >= 0.3 is 0 Å². The molecule has 3 aromatic heterocycles. The molecular formula is C23H36N4. The Labute approximate surface area is 164 Å². The van der Waals surface area contributed by atoms with Crippen LogP contribution in [0.4, 0.5) is 5.82 Å². The third kappa shape index (κ3) is 6.38. The summed E-state index contributed by atoms with van der Waals surface area (Å²) >= 11 is 0. The van der Waals surface area contributed by atoms with Crippen molar-refractivity contribution in [2.45, 2.75) is 73.1 Å². The zero-order valence-corrected chi connectivity index (χ0v) is 18.4. The van der Waals surface area contributed by atoms with E-state index < -0.39 is 0 Å². The van der Waals surface area contributed by atoms with Crippen LogP contribution in [-0.4, -0.2) is 15.0 Å². The van der Waals surface area contributed by atoms with E-state index in [9.17, 15) is 0 Å². The average Bonchev–Trinajstić information content (AvgIpc) is 3.03. The number of H-pyrrole nitrogens is 1. The van der Waals surface area contributed by atoms with Crippen LogP contribution >= 0.6 is 0 Å².